The number of hydrogen-bond acceptors (Lipinski definition) is 1. The van der Waals surface area contributed by atoms with Crippen molar-refractivity contribution < 1.29 is 14.5 Å². The SMILES string of the molecule is [2H]c1c(C([2H])([2H])C(C)(C)C)c([2H])c(-c2c(C)ccc3c2oc2cc([N+]#[C-])ccc23)[n+](C)c1C. The van der Waals surface area contributed by atoms with E-state index in [2.05, 4.69) is 4.85 Å². The number of fused-ring (bicyclic) bond motifs is 3. The van der Waals surface area contributed by atoms with E-state index in [0.29, 0.717) is 33.8 Å². The molecule has 3 nitrogen and oxygen atoms in total. The molecular weight excluding hydrogens is 356 g/mol. The third-order valence-corrected chi connectivity index (χ3v) is 5.09. The number of aryl methyl sites for hydroxylation is 1. The standard InChI is InChI=1S/C26H27N2O/c1-16-8-10-21-20-11-9-19(27-6)14-23(20)29-25(21)24(16)22-13-18(15-26(3,4)5)12-17(2)28(22)7/h8-14H,15H2,1-5,7H3/q+1/i12D,13D,15D2. The summed E-state index contributed by atoms with van der Waals surface area (Å²) in [5.41, 5.74) is 3.63. The molecule has 2 aromatic carbocycles. The van der Waals surface area contributed by atoms with Crippen molar-refractivity contribution in [2.45, 2.75) is 41.0 Å². The van der Waals surface area contributed by atoms with Crippen molar-refractivity contribution in [1.29, 1.82) is 0 Å². The zero-order valence-electron chi connectivity index (χ0n) is 21.7. The van der Waals surface area contributed by atoms with Crippen molar-refractivity contribution in [2.24, 2.45) is 12.5 Å². The van der Waals surface area contributed by atoms with Crippen LogP contribution in [0.15, 0.2) is 46.8 Å². The number of hydrogen-bond donors (Lipinski definition) is 0. The molecule has 2 aromatic heterocycles. The van der Waals surface area contributed by atoms with Gasteiger partial charge in [-0.25, -0.2) is 4.85 Å². The van der Waals surface area contributed by atoms with Gasteiger partial charge in [0.25, 0.3) is 0 Å². The Bertz CT molecular complexity index is 1490. The fraction of sp³-hybridized carbons (Fsp3) is 0.308. The quantitative estimate of drug-likeness (QED) is 0.273. The molecule has 0 radical (unpaired) electrons. The zero-order chi connectivity index (χ0) is 24.5. The Kier molecular flexibility index (Phi) is 3.44. The molecule has 0 fully saturated rings. The molecular formula is C26H27N2O+. The molecule has 0 amide bonds. The van der Waals surface area contributed by atoms with Crippen molar-refractivity contribution >= 4 is 27.6 Å². The molecule has 0 aliphatic heterocycles. The molecule has 0 saturated heterocycles. The molecule has 146 valence electrons. The maximum absolute atomic E-state index is 9.11. The van der Waals surface area contributed by atoms with E-state index < -0.39 is 11.8 Å². The topological polar surface area (TPSA) is 21.4 Å². The van der Waals surface area contributed by atoms with Crippen LogP contribution in [0, 0.1) is 25.8 Å². The normalized spacial score (nSPS) is 14.4. The van der Waals surface area contributed by atoms with E-state index in [-0.39, 0.29) is 17.6 Å². The van der Waals surface area contributed by atoms with Gasteiger partial charge >= 0.3 is 0 Å². The van der Waals surface area contributed by atoms with E-state index >= 15 is 0 Å². The highest BCUT2D eigenvalue weighted by molar-refractivity contribution is 6.10. The highest BCUT2D eigenvalue weighted by atomic mass is 16.3. The third-order valence-electron chi connectivity index (χ3n) is 5.09. The van der Waals surface area contributed by atoms with Crippen LogP contribution in [-0.4, -0.2) is 0 Å². The summed E-state index contributed by atoms with van der Waals surface area (Å²) in [6.07, 6.45) is -1.89. The second-order valence-electron chi connectivity index (χ2n) is 8.52. The molecule has 0 saturated carbocycles. The van der Waals surface area contributed by atoms with Crippen LogP contribution >= 0.6 is 0 Å². The Morgan fingerprint density at radius 2 is 1.86 bits per heavy atom. The lowest BCUT2D eigenvalue weighted by molar-refractivity contribution is -0.666. The molecule has 4 aromatic rings. The minimum absolute atomic E-state index is 0.00840. The Balaban J connectivity index is 2.17. The smallest absolute Gasteiger partial charge is 0.216 e. The van der Waals surface area contributed by atoms with Crippen LogP contribution in [0.4, 0.5) is 5.69 Å². The van der Waals surface area contributed by atoms with Gasteiger partial charge in [-0.2, -0.15) is 4.57 Å². The van der Waals surface area contributed by atoms with Crippen LogP contribution in [0.3, 0.4) is 0 Å². The van der Waals surface area contributed by atoms with Crippen LogP contribution in [0.1, 0.15) is 43.1 Å². The van der Waals surface area contributed by atoms with Crippen molar-refractivity contribution in [1.82, 2.24) is 0 Å². The maximum atomic E-state index is 9.11. The Labute approximate surface area is 178 Å². The first-order valence-electron chi connectivity index (χ1n) is 11.6. The molecule has 0 unspecified atom stereocenters. The summed E-state index contributed by atoms with van der Waals surface area (Å²) in [4.78, 5) is 3.49. The molecule has 0 N–H and O–H groups in total. The van der Waals surface area contributed by atoms with E-state index in [4.69, 9.17) is 16.5 Å². The van der Waals surface area contributed by atoms with Gasteiger partial charge in [-0.05, 0) is 35.9 Å². The molecule has 0 spiro atoms. The maximum Gasteiger partial charge on any atom is 0.216 e. The summed E-state index contributed by atoms with van der Waals surface area (Å²) in [6.45, 7) is 16.4. The van der Waals surface area contributed by atoms with Gasteiger partial charge in [-0.15, -0.1) is 0 Å². The van der Waals surface area contributed by atoms with Gasteiger partial charge < -0.3 is 4.42 Å². The van der Waals surface area contributed by atoms with Gasteiger partial charge in [0.05, 0.1) is 14.9 Å². The van der Waals surface area contributed by atoms with E-state index in [9.17, 15) is 0 Å². The van der Waals surface area contributed by atoms with Crippen LogP contribution < -0.4 is 4.57 Å². The van der Waals surface area contributed by atoms with E-state index in [1.54, 1.807) is 51.4 Å². The van der Waals surface area contributed by atoms with Crippen LogP contribution in [-0.2, 0) is 13.4 Å². The highest BCUT2D eigenvalue weighted by Gasteiger charge is 2.24. The number of aromatic nitrogens is 1. The Morgan fingerprint density at radius 1 is 1.14 bits per heavy atom. The predicted octanol–water partition coefficient (Wildman–Crippen LogP) is 6.83. The average Bonchev–Trinajstić information content (AvgIpc) is 3.10. The number of pyridine rings is 1. The summed E-state index contributed by atoms with van der Waals surface area (Å²) in [7, 11) is 1.80. The first-order valence-corrected chi connectivity index (χ1v) is 9.65. The van der Waals surface area contributed by atoms with Crippen LogP contribution in [0.2, 0.25) is 0 Å². The summed E-state index contributed by atoms with van der Waals surface area (Å²) < 4.78 is 43.5. The monoisotopic (exact) mass is 387 g/mol. The minimum atomic E-state index is -1.89. The fourth-order valence-corrected chi connectivity index (χ4v) is 3.62. The molecule has 0 atom stereocenters. The Hall–Kier alpha value is -3.12. The zero-order valence-corrected chi connectivity index (χ0v) is 17.7. The van der Waals surface area contributed by atoms with Crippen LogP contribution in [0.5, 0.6) is 0 Å². The second kappa shape index (κ2) is 6.74. The number of nitrogens with zero attached hydrogens (tertiary/aromatic N) is 2. The van der Waals surface area contributed by atoms with Crippen molar-refractivity contribution in [3.05, 3.63) is 70.7 Å². The lowest BCUT2D eigenvalue weighted by Gasteiger charge is -2.18. The van der Waals surface area contributed by atoms with Crippen molar-refractivity contribution in [3.63, 3.8) is 0 Å². The molecule has 2 heterocycles. The molecule has 0 aliphatic carbocycles. The highest BCUT2D eigenvalue weighted by Crippen LogP contribution is 2.38. The number of furan rings is 1. The Morgan fingerprint density at radius 3 is 2.55 bits per heavy atom. The van der Waals surface area contributed by atoms with Gasteiger partial charge in [0.15, 0.2) is 11.4 Å². The fourth-order valence-electron chi connectivity index (χ4n) is 3.62. The van der Waals surface area contributed by atoms with E-state index in [1.165, 1.54) is 0 Å². The van der Waals surface area contributed by atoms with Crippen molar-refractivity contribution in [2.75, 3.05) is 0 Å². The molecule has 4 rings (SSSR count). The van der Waals surface area contributed by atoms with Gasteiger partial charge in [0, 0.05) is 32.5 Å². The molecule has 29 heavy (non-hydrogen) atoms. The largest absolute Gasteiger partial charge is 0.456 e. The van der Waals surface area contributed by atoms with Gasteiger partial charge in [-0.1, -0.05) is 45.0 Å². The summed E-state index contributed by atoms with van der Waals surface area (Å²) >= 11 is 0. The number of rotatable bonds is 2. The van der Waals surface area contributed by atoms with Crippen molar-refractivity contribution in [3.8, 4) is 11.3 Å². The first-order chi connectivity index (χ1) is 15.3. The van der Waals surface area contributed by atoms with Gasteiger partial charge in [-0.3, -0.25) is 0 Å². The van der Waals surface area contributed by atoms with E-state index in [0.717, 1.165) is 16.3 Å². The summed E-state index contributed by atoms with van der Waals surface area (Å²) in [6, 6.07) is 9.32. The minimum Gasteiger partial charge on any atom is -0.456 e. The predicted molar refractivity (Wildman–Crippen MR) is 119 cm³/mol. The third kappa shape index (κ3) is 3.40. The van der Waals surface area contributed by atoms with E-state index in [1.807, 2.05) is 25.1 Å². The van der Waals surface area contributed by atoms with Gasteiger partial charge in [0.2, 0.25) is 5.69 Å². The molecule has 0 bridgehead atoms. The average molecular weight is 388 g/mol. The summed E-state index contributed by atoms with van der Waals surface area (Å²) in [5, 5.41) is 1.75. The number of benzene rings is 2. The summed E-state index contributed by atoms with van der Waals surface area (Å²) in [5.74, 6) is 0. The first kappa shape index (κ1) is 14.8. The lowest BCUT2D eigenvalue weighted by atomic mass is 9.87. The molecule has 3 heteroatoms. The van der Waals surface area contributed by atoms with Crippen LogP contribution in [0.25, 0.3) is 38.0 Å². The second-order valence-corrected chi connectivity index (χ2v) is 8.52. The molecule has 0 aliphatic rings. The van der Waals surface area contributed by atoms with Gasteiger partial charge in [0.1, 0.15) is 18.2 Å². The lowest BCUT2D eigenvalue weighted by Crippen LogP contribution is -2.35.